The van der Waals surface area contributed by atoms with Gasteiger partial charge in [-0.1, -0.05) is 0 Å². The molecule has 0 amide bonds. The van der Waals surface area contributed by atoms with Crippen molar-refractivity contribution in [1.29, 1.82) is 0 Å². The molecule has 0 spiro atoms. The Morgan fingerprint density at radius 3 is 2.54 bits per heavy atom. The van der Waals surface area contributed by atoms with Crippen molar-refractivity contribution in [3.8, 4) is 0 Å². The van der Waals surface area contributed by atoms with Gasteiger partial charge in [0.1, 0.15) is 5.82 Å². The summed E-state index contributed by atoms with van der Waals surface area (Å²) in [5.41, 5.74) is 0.577. The van der Waals surface area contributed by atoms with Gasteiger partial charge in [0.05, 0.1) is 33.6 Å². The number of Topliss-reactive ketones (excluding diaryl/α,β-unsaturated/α-hetero) is 1. The Hall–Kier alpha value is -0.590. The Bertz CT molecular complexity index is 796. The maximum Gasteiger partial charge on any atom is 0.208 e. The minimum atomic E-state index is -3.19. The fraction of sp³-hybridized carbons (Fsp3) is 0.500. The highest BCUT2D eigenvalue weighted by molar-refractivity contribution is 14.1. The van der Waals surface area contributed by atoms with E-state index in [2.05, 4.69) is 29.2 Å². The summed E-state index contributed by atoms with van der Waals surface area (Å²) in [6.07, 6.45) is 4.11. The minimum absolute atomic E-state index is 0.0747. The van der Waals surface area contributed by atoms with E-state index in [0.29, 0.717) is 29.5 Å². The van der Waals surface area contributed by atoms with Crippen molar-refractivity contribution in [2.24, 2.45) is 15.0 Å². The lowest BCUT2D eigenvalue weighted by molar-refractivity contribution is -0.117. The molecule has 2 N–H and O–H groups in total. The molecule has 0 bridgehead atoms. The fourth-order valence-electron chi connectivity index (χ4n) is 2.93. The van der Waals surface area contributed by atoms with Crippen LogP contribution in [0.15, 0.2) is 25.9 Å². The summed E-state index contributed by atoms with van der Waals surface area (Å²) >= 11 is 4.89. The number of anilines is 1. The van der Waals surface area contributed by atoms with E-state index in [1.54, 1.807) is 35.0 Å². The second kappa shape index (κ2) is 9.56. The third kappa shape index (κ3) is 6.54. The number of nitrogens with one attached hydrogen (secondary N) is 2. The Morgan fingerprint density at radius 2 is 2.00 bits per heavy atom. The smallest absolute Gasteiger partial charge is 0.208 e. The molecule has 0 aromatic heterocycles. The fourth-order valence-corrected chi connectivity index (χ4v) is 4.20. The first-order valence-electron chi connectivity index (χ1n) is 8.09. The highest BCUT2D eigenvalue weighted by Crippen LogP contribution is 2.30. The molecule has 6 nitrogen and oxygen atoms in total. The maximum absolute atomic E-state index is 13.3. The first-order chi connectivity index (χ1) is 12.2. The topological polar surface area (TPSA) is 87.6 Å². The molecule has 1 fully saturated rings. The van der Waals surface area contributed by atoms with Crippen molar-refractivity contribution in [1.82, 2.24) is 4.72 Å². The molecule has 2 rings (SSSR count). The zero-order valence-electron chi connectivity index (χ0n) is 14.1. The van der Waals surface area contributed by atoms with Crippen molar-refractivity contribution in [3.63, 3.8) is 0 Å². The summed E-state index contributed by atoms with van der Waals surface area (Å²) in [4.78, 5) is 12.7. The molecule has 0 unspecified atom stereocenters. The first kappa shape index (κ1) is 21.7. The van der Waals surface area contributed by atoms with Crippen molar-refractivity contribution >= 4 is 66.1 Å². The maximum atomic E-state index is 13.3. The molecule has 0 atom stereocenters. The van der Waals surface area contributed by atoms with Gasteiger partial charge >= 0.3 is 0 Å². The van der Waals surface area contributed by atoms with Gasteiger partial charge in [0.2, 0.25) is 15.8 Å². The minimum Gasteiger partial charge on any atom is -0.337 e. The number of ketones is 1. The van der Waals surface area contributed by atoms with Gasteiger partial charge < -0.3 is 5.32 Å². The lowest BCUT2D eigenvalue weighted by atomic mass is 9.80. The summed E-state index contributed by atoms with van der Waals surface area (Å²) in [6.45, 7) is 0.412. The Morgan fingerprint density at radius 1 is 1.35 bits per heavy atom. The number of hydrogen-bond donors (Lipinski definition) is 2. The molecule has 1 aliphatic rings. The highest BCUT2D eigenvalue weighted by Gasteiger charge is 2.29. The van der Waals surface area contributed by atoms with E-state index >= 15 is 0 Å². The van der Waals surface area contributed by atoms with Gasteiger partial charge in [-0.15, -0.1) is 0 Å². The molecule has 0 radical (unpaired) electrons. The van der Waals surface area contributed by atoms with Gasteiger partial charge in [-0.2, -0.15) is 3.21 Å². The second-order valence-electron chi connectivity index (χ2n) is 6.39. The lowest BCUT2D eigenvalue weighted by Gasteiger charge is -2.27. The SMILES string of the molecule is CS(=O)(=O)NCC1CCC(C(=O)C(=NI)Nc2ccc(F)c(Br)c2)CC1. The monoisotopic (exact) mass is 559 g/mol. The molecule has 1 saturated carbocycles. The second-order valence-corrected chi connectivity index (χ2v) is 9.56. The molecule has 10 heteroatoms. The average Bonchev–Trinajstić information content (AvgIpc) is 2.60. The van der Waals surface area contributed by atoms with E-state index in [9.17, 15) is 17.6 Å². The van der Waals surface area contributed by atoms with Crippen molar-refractivity contribution in [2.45, 2.75) is 25.7 Å². The normalized spacial score (nSPS) is 21.5. The van der Waals surface area contributed by atoms with E-state index in [-0.39, 0.29) is 29.3 Å². The molecule has 0 aliphatic heterocycles. The van der Waals surface area contributed by atoms with Gasteiger partial charge in [-0.05, 0) is 65.7 Å². The highest BCUT2D eigenvalue weighted by atomic mass is 127. The Labute approximate surface area is 175 Å². The zero-order chi connectivity index (χ0) is 19.3. The first-order valence-corrected chi connectivity index (χ1v) is 11.7. The largest absolute Gasteiger partial charge is 0.337 e. The van der Waals surface area contributed by atoms with Gasteiger partial charge in [0.25, 0.3) is 0 Å². The number of rotatable bonds is 6. The van der Waals surface area contributed by atoms with Crippen LogP contribution in [0.25, 0.3) is 0 Å². The molecule has 1 aromatic carbocycles. The molecule has 0 heterocycles. The molecule has 1 aromatic rings. The van der Waals surface area contributed by atoms with Gasteiger partial charge in [-0.3, -0.25) is 4.79 Å². The van der Waals surface area contributed by atoms with E-state index in [4.69, 9.17) is 0 Å². The predicted octanol–water partition coefficient (Wildman–Crippen LogP) is 3.67. The lowest BCUT2D eigenvalue weighted by Crippen LogP contribution is -2.35. The average molecular weight is 560 g/mol. The Kier molecular flexibility index (Phi) is 7.98. The number of hydrogen-bond acceptors (Lipinski definition) is 4. The van der Waals surface area contributed by atoms with Crippen LogP contribution in [0.3, 0.4) is 0 Å². The summed E-state index contributed by atoms with van der Waals surface area (Å²) in [6, 6.07) is 4.41. The zero-order valence-corrected chi connectivity index (χ0v) is 18.7. The van der Waals surface area contributed by atoms with Crippen molar-refractivity contribution < 1.29 is 17.6 Å². The van der Waals surface area contributed by atoms with Gasteiger partial charge in [-0.25, -0.2) is 17.5 Å². The van der Waals surface area contributed by atoms with Crippen LogP contribution < -0.4 is 10.0 Å². The van der Waals surface area contributed by atoms with Crippen LogP contribution in [0.1, 0.15) is 25.7 Å². The molecule has 26 heavy (non-hydrogen) atoms. The standard InChI is InChI=1S/C16H20BrFIN3O3S/c1-26(24,25)20-9-10-2-4-11(5-3-10)15(23)16(22-19)21-12-6-7-14(18)13(17)8-12/h6-8,10-11,20H,2-5,9H2,1H3,(H,21,22). The van der Waals surface area contributed by atoms with Crippen molar-refractivity contribution in [2.75, 3.05) is 18.1 Å². The summed E-state index contributed by atoms with van der Waals surface area (Å²) in [5, 5.41) is 2.95. The number of carbonyl (C=O) groups is 1. The van der Waals surface area contributed by atoms with Crippen LogP contribution in [-0.4, -0.2) is 32.8 Å². The van der Waals surface area contributed by atoms with Crippen LogP contribution >= 0.6 is 38.8 Å². The molecular formula is C16H20BrFIN3O3S. The molecule has 1 aliphatic carbocycles. The number of benzene rings is 1. The summed E-state index contributed by atoms with van der Waals surface area (Å²) in [7, 11) is -3.19. The van der Waals surface area contributed by atoms with Crippen LogP contribution in [0.5, 0.6) is 0 Å². The number of sulfonamides is 1. The quantitative estimate of drug-likeness (QED) is 0.316. The summed E-state index contributed by atoms with van der Waals surface area (Å²) < 4.78 is 42.5. The van der Waals surface area contributed by atoms with E-state index in [1.165, 1.54) is 6.07 Å². The van der Waals surface area contributed by atoms with Crippen LogP contribution in [0.2, 0.25) is 0 Å². The number of amidine groups is 1. The van der Waals surface area contributed by atoms with Crippen LogP contribution in [-0.2, 0) is 14.8 Å². The van der Waals surface area contributed by atoms with E-state index < -0.39 is 10.0 Å². The molecule has 0 saturated heterocycles. The van der Waals surface area contributed by atoms with Gasteiger partial charge in [0, 0.05) is 18.2 Å². The van der Waals surface area contributed by atoms with Crippen molar-refractivity contribution in [3.05, 3.63) is 28.5 Å². The number of halogens is 3. The molecular weight excluding hydrogens is 540 g/mol. The van der Waals surface area contributed by atoms with E-state index in [1.807, 2.05) is 0 Å². The van der Waals surface area contributed by atoms with E-state index in [0.717, 1.165) is 19.1 Å². The number of nitrogens with zero attached hydrogens (tertiary/aromatic N) is 1. The number of carbonyl (C=O) groups excluding carboxylic acids is 1. The summed E-state index contributed by atoms with van der Waals surface area (Å²) in [5.74, 6) is -0.115. The third-order valence-electron chi connectivity index (χ3n) is 4.35. The molecule has 144 valence electrons. The van der Waals surface area contributed by atoms with Crippen LogP contribution in [0, 0.1) is 17.7 Å². The Balaban J connectivity index is 1.92. The third-order valence-corrected chi connectivity index (χ3v) is 6.13. The predicted molar refractivity (Wildman–Crippen MR) is 112 cm³/mol. The van der Waals surface area contributed by atoms with Crippen LogP contribution in [0.4, 0.5) is 10.1 Å². The van der Waals surface area contributed by atoms with Gasteiger partial charge in [0.15, 0.2) is 5.84 Å².